The minimum Gasteiger partial charge on any atom is -0.330 e. The van der Waals surface area contributed by atoms with Crippen molar-refractivity contribution >= 4 is 22.5 Å². The number of fused-ring (bicyclic) bond motifs is 3. The predicted molar refractivity (Wildman–Crippen MR) is 132 cm³/mol. The lowest BCUT2D eigenvalue weighted by Gasteiger charge is -2.31. The number of hydrogen-bond donors (Lipinski definition) is 1. The molecule has 0 aliphatic carbocycles. The standard InChI is InChI=1S/C26H26N8/c1-4-23-28-24-16(2)13-14-27-26(24)34(23)20-11-12-22-19(15-20)10-9-18-7-5-6-8-21(18)33(22)17(3)25-29-31-32-30-25/h5-8,11-15,17H,4,9-10H2,1-3H3,(H,29,30,31,32). The van der Waals surface area contributed by atoms with E-state index in [4.69, 9.17) is 9.97 Å². The second kappa shape index (κ2) is 8.06. The fourth-order valence-electron chi connectivity index (χ4n) is 5.03. The van der Waals surface area contributed by atoms with Crippen molar-refractivity contribution in [3.05, 3.63) is 83.1 Å². The van der Waals surface area contributed by atoms with E-state index in [0.717, 1.165) is 53.2 Å². The summed E-state index contributed by atoms with van der Waals surface area (Å²) in [4.78, 5) is 11.9. The van der Waals surface area contributed by atoms with Crippen molar-refractivity contribution in [2.24, 2.45) is 0 Å². The van der Waals surface area contributed by atoms with Crippen LogP contribution in [0.5, 0.6) is 0 Å². The van der Waals surface area contributed by atoms with E-state index in [1.54, 1.807) is 0 Å². The number of nitrogens with zero attached hydrogens (tertiary/aromatic N) is 7. The molecule has 0 radical (unpaired) electrons. The van der Waals surface area contributed by atoms with Crippen LogP contribution in [0.25, 0.3) is 16.9 Å². The lowest BCUT2D eigenvalue weighted by Crippen LogP contribution is -2.23. The number of hydrogen-bond acceptors (Lipinski definition) is 6. The first-order valence-electron chi connectivity index (χ1n) is 11.7. The molecule has 2 aromatic carbocycles. The number of pyridine rings is 1. The van der Waals surface area contributed by atoms with E-state index < -0.39 is 0 Å². The van der Waals surface area contributed by atoms with Gasteiger partial charge in [0.05, 0.1) is 6.04 Å². The molecule has 0 fully saturated rings. The number of aryl methyl sites for hydroxylation is 4. The summed E-state index contributed by atoms with van der Waals surface area (Å²) in [6.07, 6.45) is 4.60. The third-order valence-electron chi connectivity index (χ3n) is 6.75. The quantitative estimate of drug-likeness (QED) is 0.423. The maximum absolute atomic E-state index is 4.91. The Morgan fingerprint density at radius 3 is 2.68 bits per heavy atom. The van der Waals surface area contributed by atoms with Gasteiger partial charge in [-0.2, -0.15) is 5.21 Å². The van der Waals surface area contributed by atoms with Gasteiger partial charge in [-0.15, -0.1) is 10.2 Å². The summed E-state index contributed by atoms with van der Waals surface area (Å²) < 4.78 is 2.20. The SMILES string of the molecule is CCc1nc2c(C)ccnc2n1-c1ccc2c(c1)CCc1ccccc1N2C(C)c1nn[nH]n1. The van der Waals surface area contributed by atoms with Gasteiger partial charge in [-0.25, -0.2) is 9.97 Å². The van der Waals surface area contributed by atoms with Gasteiger partial charge in [0, 0.05) is 29.7 Å². The number of rotatable bonds is 4. The summed E-state index contributed by atoms with van der Waals surface area (Å²) in [6, 6.07) is 17.2. The fraction of sp³-hybridized carbons (Fsp3) is 0.269. The third-order valence-corrected chi connectivity index (χ3v) is 6.75. The van der Waals surface area contributed by atoms with Crippen molar-refractivity contribution in [3.63, 3.8) is 0 Å². The molecule has 1 aliphatic heterocycles. The first kappa shape index (κ1) is 20.5. The Morgan fingerprint density at radius 2 is 1.85 bits per heavy atom. The zero-order chi connectivity index (χ0) is 23.2. The van der Waals surface area contributed by atoms with Crippen LogP contribution in [-0.2, 0) is 19.3 Å². The van der Waals surface area contributed by atoms with Crippen LogP contribution >= 0.6 is 0 Å². The van der Waals surface area contributed by atoms with Gasteiger partial charge < -0.3 is 4.90 Å². The highest BCUT2D eigenvalue weighted by Gasteiger charge is 2.28. The summed E-state index contributed by atoms with van der Waals surface area (Å²) in [5.41, 5.74) is 9.05. The smallest absolute Gasteiger partial charge is 0.196 e. The molecule has 170 valence electrons. The lowest BCUT2D eigenvalue weighted by atomic mass is 10.0. The summed E-state index contributed by atoms with van der Waals surface area (Å²) in [6.45, 7) is 6.35. The molecule has 34 heavy (non-hydrogen) atoms. The Balaban J connectivity index is 1.53. The molecular formula is C26H26N8. The number of aromatic amines is 1. The normalized spacial score (nSPS) is 14.0. The van der Waals surface area contributed by atoms with Crippen molar-refractivity contribution in [1.82, 2.24) is 35.2 Å². The van der Waals surface area contributed by atoms with Gasteiger partial charge in [-0.3, -0.25) is 4.57 Å². The van der Waals surface area contributed by atoms with Crippen LogP contribution < -0.4 is 4.90 Å². The molecule has 3 aromatic heterocycles. The Hall–Kier alpha value is -4.07. The predicted octanol–water partition coefficient (Wildman–Crippen LogP) is 4.80. The lowest BCUT2D eigenvalue weighted by molar-refractivity contribution is 0.711. The van der Waals surface area contributed by atoms with Gasteiger partial charge in [0.2, 0.25) is 0 Å². The number of H-pyrrole nitrogens is 1. The van der Waals surface area contributed by atoms with Crippen molar-refractivity contribution in [3.8, 4) is 5.69 Å². The Labute approximate surface area is 197 Å². The number of imidazole rings is 1. The highest BCUT2D eigenvalue weighted by Crippen LogP contribution is 2.42. The molecule has 8 heteroatoms. The highest BCUT2D eigenvalue weighted by molar-refractivity contribution is 5.79. The maximum atomic E-state index is 4.91. The Morgan fingerprint density at radius 1 is 1.03 bits per heavy atom. The van der Waals surface area contributed by atoms with Gasteiger partial charge in [0.25, 0.3) is 0 Å². The van der Waals surface area contributed by atoms with E-state index in [0.29, 0.717) is 5.82 Å². The second-order valence-corrected chi connectivity index (χ2v) is 8.77. The zero-order valence-corrected chi connectivity index (χ0v) is 19.5. The maximum Gasteiger partial charge on any atom is 0.196 e. The van der Waals surface area contributed by atoms with Crippen LogP contribution in [0.4, 0.5) is 11.4 Å². The molecule has 0 spiro atoms. The number of nitrogens with one attached hydrogen (secondary N) is 1. The molecule has 1 aliphatic rings. The van der Waals surface area contributed by atoms with Gasteiger partial charge in [-0.1, -0.05) is 30.3 Å². The molecule has 1 atom stereocenters. The molecule has 6 rings (SSSR count). The first-order chi connectivity index (χ1) is 16.7. The van der Waals surface area contributed by atoms with Crippen LogP contribution in [0, 0.1) is 6.92 Å². The van der Waals surface area contributed by atoms with Gasteiger partial charge in [-0.05, 0) is 73.7 Å². The summed E-state index contributed by atoms with van der Waals surface area (Å²) in [5, 5.41) is 15.0. The fourth-order valence-corrected chi connectivity index (χ4v) is 5.03. The average Bonchev–Trinajstić information content (AvgIpc) is 3.49. The highest BCUT2D eigenvalue weighted by atomic mass is 15.5. The minimum absolute atomic E-state index is 0.0767. The molecule has 0 amide bonds. The molecule has 5 aromatic rings. The Kier molecular flexibility index (Phi) is 4.86. The van der Waals surface area contributed by atoms with Crippen LogP contribution in [0.2, 0.25) is 0 Å². The van der Waals surface area contributed by atoms with Crippen LogP contribution in [0.3, 0.4) is 0 Å². The number of aromatic nitrogens is 7. The van der Waals surface area contributed by atoms with Crippen molar-refractivity contribution in [1.29, 1.82) is 0 Å². The van der Waals surface area contributed by atoms with Gasteiger partial charge >= 0.3 is 0 Å². The van der Waals surface area contributed by atoms with Crippen molar-refractivity contribution in [2.75, 3.05) is 4.90 Å². The van der Waals surface area contributed by atoms with E-state index >= 15 is 0 Å². The van der Waals surface area contributed by atoms with E-state index in [-0.39, 0.29) is 6.04 Å². The molecule has 8 nitrogen and oxygen atoms in total. The summed E-state index contributed by atoms with van der Waals surface area (Å²) in [5.74, 6) is 1.69. The summed E-state index contributed by atoms with van der Waals surface area (Å²) in [7, 11) is 0. The van der Waals surface area contributed by atoms with Gasteiger partial charge in [0.1, 0.15) is 11.3 Å². The Bertz CT molecular complexity index is 1480. The molecule has 4 heterocycles. The number of benzene rings is 2. The van der Waals surface area contributed by atoms with E-state index in [9.17, 15) is 0 Å². The second-order valence-electron chi connectivity index (χ2n) is 8.77. The topological polar surface area (TPSA) is 88.4 Å². The van der Waals surface area contributed by atoms with Gasteiger partial charge in [0.15, 0.2) is 11.5 Å². The van der Waals surface area contributed by atoms with Crippen LogP contribution in [-0.4, -0.2) is 35.2 Å². The van der Waals surface area contributed by atoms with E-state index in [2.05, 4.69) is 93.3 Å². The number of tetrazole rings is 1. The number of anilines is 2. The first-order valence-corrected chi connectivity index (χ1v) is 11.7. The molecule has 0 saturated heterocycles. The average molecular weight is 451 g/mol. The molecule has 0 bridgehead atoms. The molecular weight excluding hydrogens is 424 g/mol. The van der Waals surface area contributed by atoms with Crippen molar-refractivity contribution < 1.29 is 0 Å². The van der Waals surface area contributed by atoms with Crippen LogP contribution in [0.1, 0.15) is 48.2 Å². The largest absolute Gasteiger partial charge is 0.330 e. The van der Waals surface area contributed by atoms with E-state index in [1.807, 2.05) is 12.3 Å². The molecule has 0 saturated carbocycles. The monoisotopic (exact) mass is 450 g/mol. The molecule has 1 unspecified atom stereocenters. The van der Waals surface area contributed by atoms with Crippen LogP contribution in [0.15, 0.2) is 54.7 Å². The van der Waals surface area contributed by atoms with E-state index in [1.165, 1.54) is 16.8 Å². The number of para-hydroxylation sites is 1. The molecule has 1 N–H and O–H groups in total. The third kappa shape index (κ3) is 3.17. The van der Waals surface area contributed by atoms with Crippen molar-refractivity contribution in [2.45, 2.75) is 46.1 Å². The summed E-state index contributed by atoms with van der Waals surface area (Å²) >= 11 is 0. The zero-order valence-electron chi connectivity index (χ0n) is 19.5. The minimum atomic E-state index is -0.0767.